The van der Waals surface area contributed by atoms with Gasteiger partial charge in [-0.1, -0.05) is 18.2 Å². The average molecular weight is 322 g/mol. The molecule has 1 N–H and O–H groups in total. The first-order chi connectivity index (χ1) is 11.7. The molecule has 4 rings (SSSR count). The Hall–Kier alpha value is -2.82. The first kappa shape index (κ1) is 14.8. The summed E-state index contributed by atoms with van der Waals surface area (Å²) in [7, 11) is 0. The van der Waals surface area contributed by atoms with Gasteiger partial charge in [-0.25, -0.2) is 0 Å². The molecule has 1 aromatic carbocycles. The normalized spacial score (nSPS) is 14.5. The van der Waals surface area contributed by atoms with E-state index >= 15 is 0 Å². The van der Waals surface area contributed by atoms with Crippen LogP contribution in [0.4, 0.5) is 5.82 Å². The van der Waals surface area contributed by atoms with Gasteiger partial charge in [0.25, 0.3) is 5.56 Å². The van der Waals surface area contributed by atoms with Gasteiger partial charge in [-0.3, -0.25) is 9.59 Å². The van der Waals surface area contributed by atoms with Crippen LogP contribution in [0.2, 0.25) is 0 Å². The van der Waals surface area contributed by atoms with Gasteiger partial charge in [0.05, 0.1) is 11.8 Å². The zero-order valence-electron chi connectivity index (χ0n) is 13.5. The number of aromatic nitrogens is 1. The van der Waals surface area contributed by atoms with Crippen LogP contribution in [0, 0.1) is 6.92 Å². The molecule has 0 saturated carbocycles. The number of benzene rings is 1. The lowest BCUT2D eigenvalue weighted by molar-refractivity contribution is 0.101. The minimum atomic E-state index is -0.188. The van der Waals surface area contributed by atoms with Crippen LogP contribution in [-0.2, 0) is 0 Å². The first-order valence-corrected chi connectivity index (χ1v) is 8.15. The van der Waals surface area contributed by atoms with Crippen molar-refractivity contribution in [3.8, 4) is 0 Å². The van der Waals surface area contributed by atoms with E-state index in [1.807, 2.05) is 19.1 Å². The predicted molar refractivity (Wildman–Crippen MR) is 92.9 cm³/mol. The van der Waals surface area contributed by atoms with Crippen molar-refractivity contribution in [3.63, 3.8) is 0 Å². The number of pyridine rings is 1. The standard InChI is InChI=1S/C19H18N2O3/c1-12-8-11-24-17(12)16(22)15-13-6-2-3-7-14(13)19(23)20-18(15)21-9-4-5-10-21/h2-3,6-8,11H,4-5,9-10H2,1H3,(H,20,23). The molecule has 0 spiro atoms. The zero-order valence-corrected chi connectivity index (χ0v) is 13.5. The van der Waals surface area contributed by atoms with E-state index in [1.54, 1.807) is 18.2 Å². The van der Waals surface area contributed by atoms with Crippen LogP contribution in [0.15, 0.2) is 45.8 Å². The molecule has 24 heavy (non-hydrogen) atoms. The minimum Gasteiger partial charge on any atom is -0.461 e. The molecule has 0 amide bonds. The van der Waals surface area contributed by atoms with Crippen molar-refractivity contribution in [3.05, 3.63) is 63.8 Å². The van der Waals surface area contributed by atoms with Crippen molar-refractivity contribution in [2.45, 2.75) is 19.8 Å². The number of ketones is 1. The molecular formula is C19H18N2O3. The second kappa shape index (κ2) is 5.67. The molecule has 5 nitrogen and oxygen atoms in total. The number of hydrogen-bond donors (Lipinski definition) is 1. The molecule has 1 fully saturated rings. The van der Waals surface area contributed by atoms with Gasteiger partial charge in [-0.2, -0.15) is 0 Å². The maximum absolute atomic E-state index is 13.2. The molecule has 0 atom stereocenters. The third-order valence-corrected chi connectivity index (χ3v) is 4.63. The highest BCUT2D eigenvalue weighted by Gasteiger charge is 2.27. The summed E-state index contributed by atoms with van der Waals surface area (Å²) < 4.78 is 5.42. The summed E-state index contributed by atoms with van der Waals surface area (Å²) in [6, 6.07) is 9.00. The maximum atomic E-state index is 13.2. The van der Waals surface area contributed by atoms with Crippen LogP contribution in [0.25, 0.3) is 10.8 Å². The number of nitrogens with one attached hydrogen (secondary N) is 1. The lowest BCUT2D eigenvalue weighted by atomic mass is 10.00. The number of carbonyl (C=O) groups is 1. The Morgan fingerprint density at radius 2 is 1.83 bits per heavy atom. The van der Waals surface area contributed by atoms with Crippen LogP contribution in [0.5, 0.6) is 0 Å². The van der Waals surface area contributed by atoms with Gasteiger partial charge < -0.3 is 14.3 Å². The van der Waals surface area contributed by atoms with Crippen LogP contribution in [0.3, 0.4) is 0 Å². The largest absolute Gasteiger partial charge is 0.461 e. The third kappa shape index (κ3) is 2.24. The maximum Gasteiger partial charge on any atom is 0.257 e. The highest BCUT2D eigenvalue weighted by molar-refractivity contribution is 6.18. The summed E-state index contributed by atoms with van der Waals surface area (Å²) in [6.07, 6.45) is 3.64. The topological polar surface area (TPSA) is 66.3 Å². The molecule has 1 aliphatic rings. The van der Waals surface area contributed by atoms with Crippen LogP contribution < -0.4 is 10.5 Å². The number of fused-ring (bicyclic) bond motifs is 1. The fourth-order valence-corrected chi connectivity index (χ4v) is 3.39. The number of furan rings is 1. The molecule has 122 valence electrons. The summed E-state index contributed by atoms with van der Waals surface area (Å²) in [6.45, 7) is 3.53. The smallest absolute Gasteiger partial charge is 0.257 e. The van der Waals surface area contributed by atoms with E-state index in [0.29, 0.717) is 27.9 Å². The van der Waals surface area contributed by atoms with Crippen LogP contribution in [-0.4, -0.2) is 23.9 Å². The monoisotopic (exact) mass is 322 g/mol. The number of rotatable bonds is 3. The SMILES string of the molecule is Cc1ccoc1C(=O)c1c(N2CCCC2)[nH]c(=O)c2ccccc12. The lowest BCUT2D eigenvalue weighted by Crippen LogP contribution is -2.26. The highest BCUT2D eigenvalue weighted by atomic mass is 16.3. The second-order valence-electron chi connectivity index (χ2n) is 6.18. The van der Waals surface area contributed by atoms with Crippen molar-refractivity contribution in [2.75, 3.05) is 18.0 Å². The van der Waals surface area contributed by atoms with E-state index < -0.39 is 0 Å². The molecule has 1 aliphatic heterocycles. The van der Waals surface area contributed by atoms with Gasteiger partial charge in [0.2, 0.25) is 5.78 Å². The van der Waals surface area contributed by atoms with Gasteiger partial charge in [-0.15, -0.1) is 0 Å². The van der Waals surface area contributed by atoms with E-state index in [0.717, 1.165) is 31.5 Å². The number of anilines is 1. The molecule has 5 heteroatoms. The Morgan fingerprint density at radius 3 is 2.50 bits per heavy atom. The Kier molecular flexibility index (Phi) is 3.49. The average Bonchev–Trinajstić information content (AvgIpc) is 3.26. The molecule has 0 radical (unpaired) electrons. The second-order valence-corrected chi connectivity index (χ2v) is 6.18. The Morgan fingerprint density at radius 1 is 1.12 bits per heavy atom. The Balaban J connectivity index is 2.02. The molecule has 0 bridgehead atoms. The van der Waals surface area contributed by atoms with E-state index in [-0.39, 0.29) is 11.3 Å². The number of aryl methyl sites for hydroxylation is 1. The number of nitrogens with zero attached hydrogens (tertiary/aromatic N) is 1. The molecule has 3 aromatic rings. The third-order valence-electron chi connectivity index (χ3n) is 4.63. The van der Waals surface area contributed by atoms with Crippen LogP contribution in [0.1, 0.15) is 34.5 Å². The number of hydrogen-bond acceptors (Lipinski definition) is 4. The van der Waals surface area contributed by atoms with E-state index in [4.69, 9.17) is 4.42 Å². The fraction of sp³-hybridized carbons (Fsp3) is 0.263. The number of H-pyrrole nitrogens is 1. The summed E-state index contributed by atoms with van der Waals surface area (Å²) in [5.74, 6) is 0.747. The summed E-state index contributed by atoms with van der Waals surface area (Å²) in [5.41, 5.74) is 1.15. The molecule has 2 aromatic heterocycles. The Bertz CT molecular complexity index is 978. The Labute approximate surface area is 138 Å². The molecule has 3 heterocycles. The van der Waals surface area contributed by atoms with Gasteiger partial charge in [0.15, 0.2) is 5.76 Å². The van der Waals surface area contributed by atoms with E-state index in [9.17, 15) is 9.59 Å². The van der Waals surface area contributed by atoms with Gasteiger partial charge in [0.1, 0.15) is 5.82 Å². The summed E-state index contributed by atoms with van der Waals surface area (Å²) in [4.78, 5) is 30.7. The number of aromatic amines is 1. The van der Waals surface area contributed by atoms with Crippen molar-refractivity contribution >= 4 is 22.4 Å². The van der Waals surface area contributed by atoms with Crippen molar-refractivity contribution in [1.29, 1.82) is 0 Å². The number of carbonyl (C=O) groups excluding carboxylic acids is 1. The summed E-state index contributed by atoms with van der Waals surface area (Å²) >= 11 is 0. The quantitative estimate of drug-likeness (QED) is 0.752. The summed E-state index contributed by atoms with van der Waals surface area (Å²) in [5, 5.41) is 1.19. The van der Waals surface area contributed by atoms with E-state index in [1.165, 1.54) is 6.26 Å². The van der Waals surface area contributed by atoms with Crippen molar-refractivity contribution < 1.29 is 9.21 Å². The fourth-order valence-electron chi connectivity index (χ4n) is 3.39. The van der Waals surface area contributed by atoms with Gasteiger partial charge >= 0.3 is 0 Å². The minimum absolute atomic E-state index is 0.166. The lowest BCUT2D eigenvalue weighted by Gasteiger charge is -2.21. The first-order valence-electron chi connectivity index (χ1n) is 8.15. The molecule has 1 saturated heterocycles. The predicted octanol–water partition coefficient (Wildman–Crippen LogP) is 3.26. The van der Waals surface area contributed by atoms with Crippen molar-refractivity contribution in [1.82, 2.24) is 4.98 Å². The molecule has 0 unspecified atom stereocenters. The highest BCUT2D eigenvalue weighted by Crippen LogP contribution is 2.30. The van der Waals surface area contributed by atoms with Gasteiger partial charge in [0, 0.05) is 23.9 Å². The zero-order chi connectivity index (χ0) is 16.7. The molecule has 0 aliphatic carbocycles. The van der Waals surface area contributed by atoms with Gasteiger partial charge in [-0.05, 0) is 37.5 Å². The molecular weight excluding hydrogens is 304 g/mol. The van der Waals surface area contributed by atoms with Crippen molar-refractivity contribution in [2.24, 2.45) is 0 Å². The van der Waals surface area contributed by atoms with E-state index in [2.05, 4.69) is 9.88 Å². The van der Waals surface area contributed by atoms with Crippen LogP contribution >= 0.6 is 0 Å².